The van der Waals surface area contributed by atoms with E-state index in [0.717, 1.165) is 16.9 Å². The van der Waals surface area contributed by atoms with Gasteiger partial charge in [-0.2, -0.15) is 0 Å². The number of aromatic nitrogens is 2. The average molecular weight is 251 g/mol. The molecule has 0 saturated heterocycles. The first-order chi connectivity index (χ1) is 9.08. The Morgan fingerprint density at radius 3 is 2.63 bits per heavy atom. The summed E-state index contributed by atoms with van der Waals surface area (Å²) in [6, 6.07) is 10.3. The van der Waals surface area contributed by atoms with Gasteiger partial charge in [-0.15, -0.1) is 0 Å². The van der Waals surface area contributed by atoms with Crippen LogP contribution in [-0.2, 0) is 0 Å². The van der Waals surface area contributed by atoms with Crippen LogP contribution in [-0.4, -0.2) is 9.38 Å². The maximum absolute atomic E-state index is 6.26. The van der Waals surface area contributed by atoms with Crippen molar-refractivity contribution in [3.05, 3.63) is 53.2 Å². The normalized spacial score (nSPS) is 11.1. The molecule has 0 unspecified atom stereocenters. The molecule has 3 nitrogen and oxygen atoms in total. The Morgan fingerprint density at radius 1 is 1.05 bits per heavy atom. The van der Waals surface area contributed by atoms with Gasteiger partial charge in [-0.25, -0.2) is 4.98 Å². The number of rotatable bonds is 1. The van der Waals surface area contributed by atoms with E-state index in [1.54, 1.807) is 0 Å². The molecule has 0 atom stereocenters. The smallest absolute Gasteiger partial charge is 0.139 e. The first-order valence-corrected chi connectivity index (χ1v) is 6.38. The Hall–Kier alpha value is -2.29. The lowest BCUT2D eigenvalue weighted by molar-refractivity contribution is 1.16. The number of nitrogens with two attached hydrogens (primary N) is 1. The van der Waals surface area contributed by atoms with Crippen LogP contribution in [0.5, 0.6) is 0 Å². The molecular weight excluding hydrogens is 234 g/mol. The molecule has 0 amide bonds. The molecule has 2 aromatic heterocycles. The first-order valence-electron chi connectivity index (χ1n) is 6.38. The molecule has 0 aliphatic heterocycles. The number of nitrogen functional groups attached to an aromatic ring is 1. The molecule has 0 spiro atoms. The Bertz CT molecular complexity index is 769. The minimum Gasteiger partial charge on any atom is -0.383 e. The number of aryl methyl sites for hydroxylation is 2. The second-order valence-electron chi connectivity index (χ2n) is 5.03. The Balaban J connectivity index is 2.31. The predicted molar refractivity (Wildman–Crippen MR) is 79.3 cm³/mol. The molecule has 0 radical (unpaired) electrons. The summed E-state index contributed by atoms with van der Waals surface area (Å²) in [5.74, 6) is 0.701. The van der Waals surface area contributed by atoms with Gasteiger partial charge in [0, 0.05) is 11.8 Å². The lowest BCUT2D eigenvalue weighted by Crippen LogP contribution is -1.95. The SMILES string of the molecule is Cc1ccc2nc(-c3cccc(C)c3C)c(N)n2c1. The fraction of sp³-hybridized carbons (Fsp3) is 0.188. The lowest BCUT2D eigenvalue weighted by atomic mass is 10.0. The van der Waals surface area contributed by atoms with Gasteiger partial charge in [0.1, 0.15) is 17.2 Å². The fourth-order valence-electron chi connectivity index (χ4n) is 2.37. The number of nitrogens with zero attached hydrogens (tertiary/aromatic N) is 2. The van der Waals surface area contributed by atoms with E-state index >= 15 is 0 Å². The molecule has 3 aromatic rings. The molecule has 3 rings (SSSR count). The van der Waals surface area contributed by atoms with Crippen molar-refractivity contribution in [1.82, 2.24) is 9.38 Å². The molecular formula is C16H17N3. The zero-order valence-electron chi connectivity index (χ0n) is 11.4. The highest BCUT2D eigenvalue weighted by Crippen LogP contribution is 2.30. The van der Waals surface area contributed by atoms with Gasteiger partial charge in [-0.05, 0) is 43.5 Å². The first kappa shape index (κ1) is 11.8. The van der Waals surface area contributed by atoms with Crippen molar-refractivity contribution < 1.29 is 0 Å². The molecule has 2 N–H and O–H groups in total. The molecule has 0 aliphatic rings. The highest BCUT2D eigenvalue weighted by Gasteiger charge is 2.13. The summed E-state index contributed by atoms with van der Waals surface area (Å²) in [4.78, 5) is 4.66. The molecule has 19 heavy (non-hydrogen) atoms. The number of hydrogen-bond donors (Lipinski definition) is 1. The van der Waals surface area contributed by atoms with E-state index in [9.17, 15) is 0 Å². The van der Waals surface area contributed by atoms with Crippen LogP contribution < -0.4 is 5.73 Å². The van der Waals surface area contributed by atoms with Crippen molar-refractivity contribution in [3.63, 3.8) is 0 Å². The minimum atomic E-state index is 0.701. The second kappa shape index (κ2) is 4.12. The molecule has 1 aromatic carbocycles. The summed E-state index contributed by atoms with van der Waals surface area (Å²) in [6.45, 7) is 6.27. The zero-order chi connectivity index (χ0) is 13.6. The van der Waals surface area contributed by atoms with Crippen LogP contribution in [0.1, 0.15) is 16.7 Å². The topological polar surface area (TPSA) is 43.3 Å². The predicted octanol–water partition coefficient (Wildman–Crippen LogP) is 3.51. The Morgan fingerprint density at radius 2 is 1.84 bits per heavy atom. The fourth-order valence-corrected chi connectivity index (χ4v) is 2.37. The van der Waals surface area contributed by atoms with E-state index < -0.39 is 0 Å². The number of fused-ring (bicyclic) bond motifs is 1. The molecule has 0 saturated carbocycles. The van der Waals surface area contributed by atoms with Gasteiger partial charge in [0.25, 0.3) is 0 Å². The van der Waals surface area contributed by atoms with E-state index in [-0.39, 0.29) is 0 Å². The van der Waals surface area contributed by atoms with Crippen LogP contribution in [0.4, 0.5) is 5.82 Å². The monoisotopic (exact) mass is 251 g/mol. The number of anilines is 1. The average Bonchev–Trinajstić information content (AvgIpc) is 2.70. The quantitative estimate of drug-likeness (QED) is 0.719. The molecule has 0 fully saturated rings. The van der Waals surface area contributed by atoms with Crippen molar-refractivity contribution in [2.75, 3.05) is 5.73 Å². The van der Waals surface area contributed by atoms with E-state index in [1.807, 2.05) is 22.7 Å². The van der Waals surface area contributed by atoms with Crippen molar-refractivity contribution in [2.24, 2.45) is 0 Å². The number of pyridine rings is 1. The standard InChI is InChI=1S/C16H17N3/c1-10-7-8-14-18-15(16(17)19(14)9-10)13-6-4-5-11(2)12(13)3/h4-9H,17H2,1-3H3. The molecule has 0 aliphatic carbocycles. The third-order valence-corrected chi connectivity index (χ3v) is 3.66. The van der Waals surface area contributed by atoms with Crippen molar-refractivity contribution in [1.29, 1.82) is 0 Å². The lowest BCUT2D eigenvalue weighted by Gasteiger charge is -2.06. The maximum atomic E-state index is 6.26. The summed E-state index contributed by atoms with van der Waals surface area (Å²) in [6.07, 6.45) is 2.02. The summed E-state index contributed by atoms with van der Waals surface area (Å²) >= 11 is 0. The van der Waals surface area contributed by atoms with Gasteiger partial charge in [-0.3, -0.25) is 4.40 Å². The van der Waals surface area contributed by atoms with Gasteiger partial charge in [-0.1, -0.05) is 24.3 Å². The van der Waals surface area contributed by atoms with Crippen LogP contribution in [0, 0.1) is 20.8 Å². The minimum absolute atomic E-state index is 0.701. The number of hydrogen-bond acceptors (Lipinski definition) is 2. The Labute approximate surface area is 112 Å². The van der Waals surface area contributed by atoms with E-state index in [4.69, 9.17) is 5.73 Å². The number of imidazole rings is 1. The summed E-state index contributed by atoms with van der Waals surface area (Å²) < 4.78 is 1.95. The Kier molecular flexibility index (Phi) is 2.56. The third kappa shape index (κ3) is 1.78. The van der Waals surface area contributed by atoms with Crippen LogP contribution in [0.15, 0.2) is 36.5 Å². The van der Waals surface area contributed by atoms with Crippen LogP contribution in [0.2, 0.25) is 0 Å². The van der Waals surface area contributed by atoms with Crippen molar-refractivity contribution in [3.8, 4) is 11.3 Å². The molecule has 0 bridgehead atoms. The molecule has 3 heteroatoms. The highest BCUT2D eigenvalue weighted by atomic mass is 15.1. The van der Waals surface area contributed by atoms with Gasteiger partial charge in [0.15, 0.2) is 0 Å². The zero-order valence-corrected chi connectivity index (χ0v) is 11.4. The van der Waals surface area contributed by atoms with Crippen LogP contribution >= 0.6 is 0 Å². The van der Waals surface area contributed by atoms with E-state index in [1.165, 1.54) is 16.7 Å². The van der Waals surface area contributed by atoms with Gasteiger partial charge in [0.2, 0.25) is 0 Å². The van der Waals surface area contributed by atoms with Gasteiger partial charge in [0.05, 0.1) is 0 Å². The van der Waals surface area contributed by atoms with Crippen LogP contribution in [0.25, 0.3) is 16.9 Å². The highest BCUT2D eigenvalue weighted by molar-refractivity contribution is 5.77. The largest absolute Gasteiger partial charge is 0.383 e. The van der Waals surface area contributed by atoms with E-state index in [0.29, 0.717) is 5.82 Å². The summed E-state index contributed by atoms with van der Waals surface area (Å²) in [5, 5.41) is 0. The molecule has 96 valence electrons. The van der Waals surface area contributed by atoms with Gasteiger partial charge >= 0.3 is 0 Å². The van der Waals surface area contributed by atoms with Crippen molar-refractivity contribution in [2.45, 2.75) is 20.8 Å². The molecule has 2 heterocycles. The maximum Gasteiger partial charge on any atom is 0.139 e. The van der Waals surface area contributed by atoms with Crippen LogP contribution in [0.3, 0.4) is 0 Å². The van der Waals surface area contributed by atoms with Gasteiger partial charge < -0.3 is 5.73 Å². The second-order valence-corrected chi connectivity index (χ2v) is 5.03. The third-order valence-electron chi connectivity index (χ3n) is 3.66. The number of benzene rings is 1. The summed E-state index contributed by atoms with van der Waals surface area (Å²) in [5.41, 5.74) is 12.8. The van der Waals surface area contributed by atoms with E-state index in [2.05, 4.69) is 44.0 Å². The van der Waals surface area contributed by atoms with Crippen molar-refractivity contribution >= 4 is 11.5 Å². The summed E-state index contributed by atoms with van der Waals surface area (Å²) in [7, 11) is 0.